The number of carbonyl (C=O) groups is 1. The Balaban J connectivity index is 1.86. The number of nitrogens with zero attached hydrogens (tertiary/aromatic N) is 2. The standard InChI is InChI=1S/C13H17BrClN3O2/c1-2-20-13(19)18-5-3-10(4-6-18)17-12-11(14)7-9(15)8-16-12/h7-8,10H,2-6H2,1H3,(H,16,17). The van der Waals surface area contributed by atoms with E-state index in [4.69, 9.17) is 16.3 Å². The predicted octanol–water partition coefficient (Wildman–Crippen LogP) is 3.53. The molecular formula is C13H17BrClN3O2. The number of rotatable bonds is 3. The molecule has 7 heteroatoms. The Morgan fingerprint density at radius 2 is 2.30 bits per heavy atom. The zero-order valence-electron chi connectivity index (χ0n) is 11.2. The number of amides is 1. The van der Waals surface area contributed by atoms with Gasteiger partial charge in [0.15, 0.2) is 0 Å². The molecular weight excluding hydrogens is 346 g/mol. The van der Waals surface area contributed by atoms with Gasteiger partial charge >= 0.3 is 6.09 Å². The lowest BCUT2D eigenvalue weighted by atomic mass is 10.1. The van der Waals surface area contributed by atoms with E-state index < -0.39 is 0 Å². The Kier molecular flexibility index (Phi) is 5.48. The average Bonchev–Trinajstić information content (AvgIpc) is 2.43. The average molecular weight is 363 g/mol. The van der Waals surface area contributed by atoms with Gasteiger partial charge in [-0.25, -0.2) is 9.78 Å². The van der Waals surface area contributed by atoms with Crippen LogP contribution in [0.1, 0.15) is 19.8 Å². The lowest BCUT2D eigenvalue weighted by molar-refractivity contribution is 0.0983. The van der Waals surface area contributed by atoms with Crippen LogP contribution < -0.4 is 5.32 Å². The molecule has 1 aliphatic heterocycles. The van der Waals surface area contributed by atoms with E-state index in [0.29, 0.717) is 30.8 Å². The molecule has 5 nitrogen and oxygen atoms in total. The van der Waals surface area contributed by atoms with Gasteiger partial charge in [0.25, 0.3) is 0 Å². The van der Waals surface area contributed by atoms with Crippen LogP contribution in [-0.4, -0.2) is 41.7 Å². The Bertz CT molecular complexity index is 479. The van der Waals surface area contributed by atoms with Crippen molar-refractivity contribution in [1.29, 1.82) is 0 Å². The molecule has 1 aliphatic rings. The molecule has 0 spiro atoms. The van der Waals surface area contributed by atoms with Gasteiger partial charge in [0.1, 0.15) is 5.82 Å². The van der Waals surface area contributed by atoms with Gasteiger partial charge in [-0.15, -0.1) is 0 Å². The summed E-state index contributed by atoms with van der Waals surface area (Å²) in [7, 11) is 0. The van der Waals surface area contributed by atoms with Crippen molar-refractivity contribution >= 4 is 39.4 Å². The van der Waals surface area contributed by atoms with Gasteiger partial charge < -0.3 is 15.0 Å². The smallest absolute Gasteiger partial charge is 0.409 e. The van der Waals surface area contributed by atoms with Crippen molar-refractivity contribution in [3.8, 4) is 0 Å². The molecule has 2 rings (SSSR count). The van der Waals surface area contributed by atoms with Gasteiger partial charge in [-0.1, -0.05) is 11.6 Å². The third kappa shape index (κ3) is 3.99. The number of anilines is 1. The third-order valence-electron chi connectivity index (χ3n) is 3.17. The maximum Gasteiger partial charge on any atom is 0.409 e. The van der Waals surface area contributed by atoms with Crippen LogP contribution in [0.5, 0.6) is 0 Å². The summed E-state index contributed by atoms with van der Waals surface area (Å²) in [4.78, 5) is 17.6. The fourth-order valence-corrected chi connectivity index (χ4v) is 2.89. The van der Waals surface area contributed by atoms with Crippen molar-refractivity contribution in [1.82, 2.24) is 9.88 Å². The first-order valence-electron chi connectivity index (χ1n) is 6.59. The Morgan fingerprint density at radius 1 is 1.60 bits per heavy atom. The number of nitrogens with one attached hydrogen (secondary N) is 1. The lowest BCUT2D eigenvalue weighted by Crippen LogP contribution is -2.42. The van der Waals surface area contributed by atoms with Crippen molar-refractivity contribution in [2.75, 3.05) is 25.0 Å². The summed E-state index contributed by atoms with van der Waals surface area (Å²) in [5.74, 6) is 0.781. The number of halogens is 2. The summed E-state index contributed by atoms with van der Waals surface area (Å²) in [6.45, 7) is 3.62. The highest BCUT2D eigenvalue weighted by Gasteiger charge is 2.24. The first-order chi connectivity index (χ1) is 9.60. The van der Waals surface area contributed by atoms with Crippen molar-refractivity contribution < 1.29 is 9.53 Å². The van der Waals surface area contributed by atoms with Crippen LogP contribution in [-0.2, 0) is 4.74 Å². The van der Waals surface area contributed by atoms with E-state index in [0.717, 1.165) is 23.1 Å². The fraction of sp³-hybridized carbons (Fsp3) is 0.538. The maximum atomic E-state index is 11.6. The Hall–Kier alpha value is -1.01. The highest BCUT2D eigenvalue weighted by Crippen LogP contribution is 2.25. The second kappa shape index (κ2) is 7.13. The second-order valence-electron chi connectivity index (χ2n) is 4.59. The molecule has 0 saturated carbocycles. The molecule has 1 amide bonds. The van der Waals surface area contributed by atoms with E-state index in [1.165, 1.54) is 0 Å². The van der Waals surface area contributed by atoms with E-state index in [2.05, 4.69) is 26.2 Å². The topological polar surface area (TPSA) is 54.5 Å². The molecule has 2 heterocycles. The number of likely N-dealkylation sites (tertiary alicyclic amines) is 1. The molecule has 0 bridgehead atoms. The molecule has 1 aromatic rings. The molecule has 0 aliphatic carbocycles. The summed E-state index contributed by atoms with van der Waals surface area (Å²) in [6, 6.07) is 2.11. The monoisotopic (exact) mass is 361 g/mol. The zero-order valence-corrected chi connectivity index (χ0v) is 13.6. The van der Waals surface area contributed by atoms with Crippen LogP contribution in [0, 0.1) is 0 Å². The number of ether oxygens (including phenoxy) is 1. The van der Waals surface area contributed by atoms with E-state index in [1.807, 2.05) is 13.0 Å². The number of hydrogen-bond donors (Lipinski definition) is 1. The van der Waals surface area contributed by atoms with Gasteiger partial charge in [0.2, 0.25) is 0 Å². The molecule has 1 N–H and O–H groups in total. The van der Waals surface area contributed by atoms with E-state index in [9.17, 15) is 4.79 Å². The van der Waals surface area contributed by atoms with Gasteiger partial charge in [0, 0.05) is 25.3 Å². The molecule has 0 aromatic carbocycles. The number of carbonyl (C=O) groups excluding carboxylic acids is 1. The largest absolute Gasteiger partial charge is 0.450 e. The molecule has 0 radical (unpaired) electrons. The van der Waals surface area contributed by atoms with E-state index in [1.54, 1.807) is 11.1 Å². The van der Waals surface area contributed by atoms with Gasteiger partial charge in [-0.2, -0.15) is 0 Å². The van der Waals surface area contributed by atoms with Crippen molar-refractivity contribution in [2.45, 2.75) is 25.8 Å². The van der Waals surface area contributed by atoms with Gasteiger partial charge in [-0.05, 0) is 41.8 Å². The molecule has 1 saturated heterocycles. The van der Waals surface area contributed by atoms with Crippen LogP contribution >= 0.6 is 27.5 Å². The number of piperidine rings is 1. The molecule has 0 unspecified atom stereocenters. The molecule has 1 fully saturated rings. The number of pyridine rings is 1. The molecule has 110 valence electrons. The van der Waals surface area contributed by atoms with Crippen LogP contribution in [0.2, 0.25) is 5.02 Å². The molecule has 1 aromatic heterocycles. The fourth-order valence-electron chi connectivity index (χ4n) is 2.14. The van der Waals surface area contributed by atoms with Crippen LogP contribution in [0.25, 0.3) is 0 Å². The summed E-state index contributed by atoms with van der Waals surface area (Å²) >= 11 is 9.30. The highest BCUT2D eigenvalue weighted by atomic mass is 79.9. The van der Waals surface area contributed by atoms with Crippen molar-refractivity contribution in [2.24, 2.45) is 0 Å². The summed E-state index contributed by atoms with van der Waals surface area (Å²) in [5, 5.41) is 3.97. The predicted molar refractivity (Wildman–Crippen MR) is 82.2 cm³/mol. The first kappa shape index (κ1) is 15.4. The highest BCUT2D eigenvalue weighted by molar-refractivity contribution is 9.10. The van der Waals surface area contributed by atoms with Crippen molar-refractivity contribution in [3.05, 3.63) is 21.8 Å². The number of hydrogen-bond acceptors (Lipinski definition) is 4. The van der Waals surface area contributed by atoms with Gasteiger partial charge in [0.05, 0.1) is 16.1 Å². The van der Waals surface area contributed by atoms with E-state index in [-0.39, 0.29) is 6.09 Å². The summed E-state index contributed by atoms with van der Waals surface area (Å²) < 4.78 is 5.84. The first-order valence-corrected chi connectivity index (χ1v) is 7.76. The maximum absolute atomic E-state index is 11.6. The Labute approximate surface area is 131 Å². The summed E-state index contributed by atoms with van der Waals surface area (Å²) in [5.41, 5.74) is 0. The lowest BCUT2D eigenvalue weighted by Gasteiger charge is -2.32. The summed E-state index contributed by atoms with van der Waals surface area (Å²) in [6.07, 6.45) is 3.13. The number of aromatic nitrogens is 1. The van der Waals surface area contributed by atoms with Gasteiger partial charge in [-0.3, -0.25) is 0 Å². The normalized spacial score (nSPS) is 16.1. The Morgan fingerprint density at radius 3 is 2.90 bits per heavy atom. The molecule has 20 heavy (non-hydrogen) atoms. The van der Waals surface area contributed by atoms with E-state index >= 15 is 0 Å². The zero-order chi connectivity index (χ0) is 14.5. The minimum Gasteiger partial charge on any atom is -0.450 e. The van der Waals surface area contributed by atoms with Crippen molar-refractivity contribution in [3.63, 3.8) is 0 Å². The second-order valence-corrected chi connectivity index (χ2v) is 5.88. The van der Waals surface area contributed by atoms with Crippen LogP contribution in [0.15, 0.2) is 16.7 Å². The minimum atomic E-state index is -0.225. The third-order valence-corrected chi connectivity index (χ3v) is 3.98. The minimum absolute atomic E-state index is 0.225. The molecule has 0 atom stereocenters. The van der Waals surface area contributed by atoms with Crippen LogP contribution in [0.4, 0.5) is 10.6 Å². The SMILES string of the molecule is CCOC(=O)N1CCC(Nc2ncc(Cl)cc2Br)CC1. The van der Waals surface area contributed by atoms with Crippen LogP contribution in [0.3, 0.4) is 0 Å². The quantitative estimate of drug-likeness (QED) is 0.893.